The number of aromatic nitrogens is 3. The molecule has 0 atom stereocenters. The van der Waals surface area contributed by atoms with Crippen molar-refractivity contribution >= 4 is 22.4 Å². The van der Waals surface area contributed by atoms with Crippen molar-refractivity contribution in [1.29, 1.82) is 0 Å². The highest BCUT2D eigenvalue weighted by atomic mass is 19.1. The van der Waals surface area contributed by atoms with Crippen LogP contribution in [-0.4, -0.2) is 33.8 Å². The van der Waals surface area contributed by atoms with Gasteiger partial charge in [0.15, 0.2) is 0 Å². The Labute approximate surface area is 208 Å². The number of nitrogens with zero attached hydrogens (tertiary/aromatic N) is 4. The number of ether oxygens (including phenoxy) is 1. The van der Waals surface area contributed by atoms with Gasteiger partial charge in [-0.1, -0.05) is 12.1 Å². The van der Waals surface area contributed by atoms with E-state index in [1.807, 2.05) is 49.4 Å². The van der Waals surface area contributed by atoms with Gasteiger partial charge in [-0.2, -0.15) is 0 Å². The molecule has 1 N–H and O–H groups in total. The number of rotatable bonds is 4. The van der Waals surface area contributed by atoms with Crippen molar-refractivity contribution in [2.75, 3.05) is 18.5 Å². The van der Waals surface area contributed by atoms with E-state index in [1.54, 1.807) is 18.3 Å². The van der Waals surface area contributed by atoms with Gasteiger partial charge in [-0.15, -0.1) is 0 Å². The molecule has 1 saturated heterocycles. The van der Waals surface area contributed by atoms with Gasteiger partial charge < -0.3 is 14.6 Å². The van der Waals surface area contributed by atoms with Gasteiger partial charge in [-0.05, 0) is 80.4 Å². The molecule has 0 unspecified atom stereocenters. The summed E-state index contributed by atoms with van der Waals surface area (Å²) in [5.74, 6) is -0.268. The molecule has 3 aromatic rings. The molecule has 180 valence electrons. The lowest BCUT2D eigenvalue weighted by Gasteiger charge is -2.22. The highest BCUT2D eigenvalue weighted by Crippen LogP contribution is 2.31. The van der Waals surface area contributed by atoms with Crippen LogP contribution in [0.25, 0.3) is 28.1 Å². The van der Waals surface area contributed by atoms with Crippen LogP contribution in [0.15, 0.2) is 84.0 Å². The van der Waals surface area contributed by atoms with Crippen molar-refractivity contribution in [3.8, 4) is 17.1 Å². The van der Waals surface area contributed by atoms with Gasteiger partial charge in [-0.3, -0.25) is 9.98 Å². The molecule has 3 heterocycles. The van der Waals surface area contributed by atoms with Crippen LogP contribution >= 0.6 is 0 Å². The van der Waals surface area contributed by atoms with Crippen molar-refractivity contribution in [2.45, 2.75) is 25.8 Å². The first-order chi connectivity index (χ1) is 17.7. The Kier molecular flexibility index (Phi) is 5.91. The monoisotopic (exact) mass is 479 g/mol. The fourth-order valence-corrected chi connectivity index (χ4v) is 4.69. The number of aryl methyl sites for hydroxylation is 1. The van der Waals surface area contributed by atoms with Crippen LogP contribution in [0, 0.1) is 12.7 Å². The van der Waals surface area contributed by atoms with E-state index >= 15 is 0 Å². The Hall–Kier alpha value is -4.10. The van der Waals surface area contributed by atoms with E-state index < -0.39 is 0 Å². The summed E-state index contributed by atoms with van der Waals surface area (Å²) >= 11 is 0. The van der Waals surface area contributed by atoms with Crippen molar-refractivity contribution < 1.29 is 9.13 Å². The fraction of sp³-hybridized carbons (Fsp3) is 0.207. The molecule has 1 fully saturated rings. The third kappa shape index (κ3) is 4.33. The van der Waals surface area contributed by atoms with E-state index in [2.05, 4.69) is 20.9 Å². The summed E-state index contributed by atoms with van der Waals surface area (Å²) in [7, 11) is 0. The van der Waals surface area contributed by atoms with Crippen LogP contribution in [0.5, 0.6) is 0 Å². The topological polar surface area (TPSA) is 64.3 Å². The molecule has 7 heteroatoms. The number of halogens is 1. The second-order valence-corrected chi connectivity index (χ2v) is 9.00. The summed E-state index contributed by atoms with van der Waals surface area (Å²) < 4.78 is 21.5. The molecule has 1 aromatic heterocycles. The number of fused-ring (bicyclic) bond motifs is 2. The van der Waals surface area contributed by atoms with Gasteiger partial charge in [0.25, 0.3) is 0 Å². The van der Waals surface area contributed by atoms with Gasteiger partial charge >= 0.3 is 0 Å². The highest BCUT2D eigenvalue weighted by Gasteiger charge is 2.18. The Morgan fingerprint density at radius 2 is 1.78 bits per heavy atom. The fourth-order valence-electron chi connectivity index (χ4n) is 4.69. The predicted molar refractivity (Wildman–Crippen MR) is 139 cm³/mol. The van der Waals surface area contributed by atoms with E-state index in [1.165, 1.54) is 12.1 Å². The van der Waals surface area contributed by atoms with Gasteiger partial charge in [0.05, 0.1) is 50.9 Å². The first-order valence-electron chi connectivity index (χ1n) is 12.2. The Bertz CT molecular complexity index is 1570. The van der Waals surface area contributed by atoms with Crippen LogP contribution in [0.4, 0.5) is 15.8 Å². The Morgan fingerprint density at radius 3 is 2.58 bits per heavy atom. The first-order valence-corrected chi connectivity index (χ1v) is 12.2. The zero-order valence-electron chi connectivity index (χ0n) is 20.0. The predicted octanol–water partition coefficient (Wildman–Crippen LogP) is 5.80. The van der Waals surface area contributed by atoms with E-state index in [4.69, 9.17) is 14.7 Å². The Morgan fingerprint density at radius 1 is 0.972 bits per heavy atom. The van der Waals surface area contributed by atoms with E-state index in [-0.39, 0.29) is 11.9 Å². The lowest BCUT2D eigenvalue weighted by molar-refractivity contribution is 0.0864. The molecule has 2 aliphatic heterocycles. The summed E-state index contributed by atoms with van der Waals surface area (Å²) in [5.41, 5.74) is 7.08. The Balaban J connectivity index is 1.63. The van der Waals surface area contributed by atoms with E-state index in [0.717, 1.165) is 63.4 Å². The SMILES string of the molecule is Cc1ncccc1Nc1cc2nc3ccccc3n(-c3ccc(F)cc3)c-2c/c1=N\C1CCOCC1. The molecule has 3 aliphatic rings. The quantitative estimate of drug-likeness (QED) is 0.331. The molecule has 2 aromatic carbocycles. The molecular weight excluding hydrogens is 453 g/mol. The molecule has 36 heavy (non-hydrogen) atoms. The molecule has 6 rings (SSSR count). The molecule has 6 nitrogen and oxygen atoms in total. The van der Waals surface area contributed by atoms with Crippen LogP contribution < -0.4 is 10.7 Å². The smallest absolute Gasteiger partial charge is 0.123 e. The van der Waals surface area contributed by atoms with E-state index in [9.17, 15) is 4.39 Å². The molecule has 0 bridgehead atoms. The molecule has 0 saturated carbocycles. The van der Waals surface area contributed by atoms with Crippen molar-refractivity contribution in [3.63, 3.8) is 0 Å². The second-order valence-electron chi connectivity index (χ2n) is 9.00. The lowest BCUT2D eigenvalue weighted by atomic mass is 10.1. The van der Waals surface area contributed by atoms with Gasteiger partial charge in [0, 0.05) is 25.1 Å². The summed E-state index contributed by atoms with van der Waals surface area (Å²) in [6.07, 6.45) is 3.56. The minimum atomic E-state index is -0.268. The highest BCUT2D eigenvalue weighted by molar-refractivity contribution is 5.84. The van der Waals surface area contributed by atoms with Crippen LogP contribution in [-0.2, 0) is 4.74 Å². The zero-order chi connectivity index (χ0) is 24.5. The molecule has 0 amide bonds. The number of nitrogens with one attached hydrogen (secondary N) is 1. The zero-order valence-corrected chi connectivity index (χ0v) is 20.0. The summed E-state index contributed by atoms with van der Waals surface area (Å²) in [6.45, 7) is 3.41. The lowest BCUT2D eigenvalue weighted by Crippen LogP contribution is -2.23. The maximum absolute atomic E-state index is 13.8. The minimum Gasteiger partial charge on any atom is -0.381 e. The van der Waals surface area contributed by atoms with Crippen LogP contribution in [0.2, 0.25) is 0 Å². The summed E-state index contributed by atoms with van der Waals surface area (Å²) in [5, 5.41) is 4.40. The van der Waals surface area contributed by atoms with Crippen molar-refractivity contribution in [3.05, 3.63) is 95.9 Å². The average Bonchev–Trinajstić information content (AvgIpc) is 2.90. The molecular formula is C29H26FN5O. The van der Waals surface area contributed by atoms with Crippen molar-refractivity contribution in [2.24, 2.45) is 4.99 Å². The third-order valence-corrected chi connectivity index (χ3v) is 6.57. The molecule has 0 radical (unpaired) electrons. The number of pyridine rings is 1. The van der Waals surface area contributed by atoms with Crippen molar-refractivity contribution in [1.82, 2.24) is 14.5 Å². The van der Waals surface area contributed by atoms with Crippen LogP contribution in [0.3, 0.4) is 0 Å². The molecule has 1 aliphatic carbocycles. The largest absolute Gasteiger partial charge is 0.381 e. The maximum Gasteiger partial charge on any atom is 0.123 e. The summed E-state index contributed by atoms with van der Waals surface area (Å²) in [6, 6.07) is 22.8. The first kappa shape index (κ1) is 22.4. The average molecular weight is 480 g/mol. The number of para-hydroxylation sites is 2. The molecule has 0 spiro atoms. The van der Waals surface area contributed by atoms with E-state index in [0.29, 0.717) is 13.2 Å². The second kappa shape index (κ2) is 9.51. The number of anilines is 2. The summed E-state index contributed by atoms with van der Waals surface area (Å²) in [4.78, 5) is 14.6. The van der Waals surface area contributed by atoms with Gasteiger partial charge in [0.2, 0.25) is 0 Å². The number of hydrogen-bond acceptors (Lipinski definition) is 5. The normalized spacial score (nSPS) is 15.0. The van der Waals surface area contributed by atoms with Gasteiger partial charge in [-0.25, -0.2) is 9.37 Å². The number of hydrogen-bond donors (Lipinski definition) is 1. The standard InChI is InChI=1S/C29H26FN5O/c1-19-23(6-4-14-31-19)33-25-17-27-29(18-26(25)32-21-12-15-36-16-13-21)35(22-10-8-20(30)9-11-22)28-7-3-2-5-24(28)34-27/h2-11,14,17-18,21,33H,12-13,15-16H2,1H3/b32-26+. The minimum absolute atomic E-state index is 0.180. The van der Waals surface area contributed by atoms with Gasteiger partial charge in [0.1, 0.15) is 5.82 Å². The van der Waals surface area contributed by atoms with Crippen LogP contribution in [0.1, 0.15) is 18.5 Å². The maximum atomic E-state index is 13.8. The third-order valence-electron chi connectivity index (χ3n) is 6.57. The number of benzene rings is 3.